The summed E-state index contributed by atoms with van der Waals surface area (Å²) in [5, 5.41) is 0. The van der Waals surface area contributed by atoms with E-state index in [0.29, 0.717) is 5.69 Å². The Bertz CT molecular complexity index is 502. The van der Waals surface area contributed by atoms with Crippen LogP contribution in [0.5, 0.6) is 0 Å². The number of carbonyl (C=O) groups is 1. The average molecular weight is 286 g/mol. The van der Waals surface area contributed by atoms with Crippen molar-refractivity contribution in [2.45, 2.75) is 25.8 Å². The predicted molar refractivity (Wildman–Crippen MR) is 70.8 cm³/mol. The highest BCUT2D eigenvalue weighted by Gasteiger charge is 2.16. The standard InChI is InChI=1S/C12H18N2O4S/c1-10(11-6-3-4-8-13-11)14-19(16,17)9-5-7-12(15)18-2/h3-4,6,8,10,14H,5,7,9H2,1-2H3. The number of esters is 1. The molecule has 6 nitrogen and oxygen atoms in total. The molecule has 0 bridgehead atoms. The zero-order chi connectivity index (χ0) is 14.3. The molecule has 7 heteroatoms. The lowest BCUT2D eigenvalue weighted by Gasteiger charge is -2.13. The number of sulfonamides is 1. The molecule has 0 fully saturated rings. The number of carbonyl (C=O) groups excluding carboxylic acids is 1. The van der Waals surface area contributed by atoms with Gasteiger partial charge in [-0.15, -0.1) is 0 Å². The molecule has 0 saturated heterocycles. The fourth-order valence-electron chi connectivity index (χ4n) is 1.53. The minimum absolute atomic E-state index is 0.0926. The van der Waals surface area contributed by atoms with E-state index in [2.05, 4.69) is 14.4 Å². The van der Waals surface area contributed by atoms with E-state index in [1.54, 1.807) is 31.3 Å². The second-order valence-electron chi connectivity index (χ2n) is 4.09. The Morgan fingerprint density at radius 3 is 2.79 bits per heavy atom. The number of ether oxygens (including phenoxy) is 1. The van der Waals surface area contributed by atoms with Crippen molar-refractivity contribution in [3.63, 3.8) is 0 Å². The smallest absolute Gasteiger partial charge is 0.305 e. The van der Waals surface area contributed by atoms with E-state index in [0.717, 1.165) is 0 Å². The zero-order valence-electron chi connectivity index (χ0n) is 11.0. The van der Waals surface area contributed by atoms with Gasteiger partial charge < -0.3 is 4.74 Å². The third kappa shape index (κ3) is 5.80. The summed E-state index contributed by atoms with van der Waals surface area (Å²) in [6.07, 6.45) is 1.93. The maximum Gasteiger partial charge on any atom is 0.305 e. The highest BCUT2D eigenvalue weighted by atomic mass is 32.2. The minimum Gasteiger partial charge on any atom is -0.469 e. The quantitative estimate of drug-likeness (QED) is 0.756. The number of nitrogens with zero attached hydrogens (tertiary/aromatic N) is 1. The van der Waals surface area contributed by atoms with Gasteiger partial charge in [-0.05, 0) is 25.5 Å². The Morgan fingerprint density at radius 2 is 2.21 bits per heavy atom. The van der Waals surface area contributed by atoms with E-state index in [9.17, 15) is 13.2 Å². The molecule has 1 unspecified atom stereocenters. The SMILES string of the molecule is COC(=O)CCCS(=O)(=O)NC(C)c1ccccn1. The third-order valence-corrected chi connectivity index (χ3v) is 4.05. The molecule has 1 heterocycles. The van der Waals surface area contributed by atoms with Crippen LogP contribution in [0.1, 0.15) is 31.5 Å². The molecule has 0 aliphatic heterocycles. The van der Waals surface area contributed by atoms with Crippen molar-refractivity contribution in [1.82, 2.24) is 9.71 Å². The molecule has 106 valence electrons. The Hall–Kier alpha value is -1.47. The number of rotatable bonds is 7. The lowest BCUT2D eigenvalue weighted by Crippen LogP contribution is -2.29. The van der Waals surface area contributed by atoms with Crippen LogP contribution >= 0.6 is 0 Å². The van der Waals surface area contributed by atoms with E-state index in [1.165, 1.54) is 7.11 Å². The first-order valence-corrected chi connectivity index (χ1v) is 7.57. The molecule has 0 amide bonds. The van der Waals surface area contributed by atoms with Gasteiger partial charge in [0, 0.05) is 12.6 Å². The topological polar surface area (TPSA) is 85.4 Å². The number of pyridine rings is 1. The number of methoxy groups -OCH3 is 1. The Balaban J connectivity index is 2.48. The van der Waals surface area contributed by atoms with E-state index >= 15 is 0 Å². The van der Waals surface area contributed by atoms with E-state index in [4.69, 9.17) is 0 Å². The van der Waals surface area contributed by atoms with Crippen LogP contribution < -0.4 is 4.72 Å². The summed E-state index contributed by atoms with van der Waals surface area (Å²) in [5.74, 6) is -0.521. The monoisotopic (exact) mass is 286 g/mol. The van der Waals surface area contributed by atoms with Gasteiger partial charge in [-0.3, -0.25) is 9.78 Å². The van der Waals surface area contributed by atoms with Gasteiger partial charge in [0.05, 0.1) is 24.6 Å². The molecular formula is C12H18N2O4S. The number of nitrogens with one attached hydrogen (secondary N) is 1. The molecule has 0 aromatic carbocycles. The summed E-state index contributed by atoms with van der Waals surface area (Å²) in [7, 11) is -2.15. The van der Waals surface area contributed by atoms with Gasteiger partial charge in [-0.2, -0.15) is 0 Å². The van der Waals surface area contributed by atoms with Crippen LogP contribution in [0, 0.1) is 0 Å². The summed E-state index contributed by atoms with van der Waals surface area (Å²) >= 11 is 0. The summed E-state index contributed by atoms with van der Waals surface area (Å²) in [6, 6.07) is 4.91. The van der Waals surface area contributed by atoms with Crippen LogP contribution in [0.3, 0.4) is 0 Å². The Kier molecular flexibility index (Phi) is 5.91. The number of hydrogen-bond acceptors (Lipinski definition) is 5. The fraction of sp³-hybridized carbons (Fsp3) is 0.500. The Labute approximate surface area is 113 Å². The van der Waals surface area contributed by atoms with Crippen molar-refractivity contribution < 1.29 is 17.9 Å². The minimum atomic E-state index is -3.43. The van der Waals surface area contributed by atoms with Crippen LogP contribution in [-0.4, -0.2) is 32.2 Å². The average Bonchev–Trinajstić information content (AvgIpc) is 2.38. The largest absolute Gasteiger partial charge is 0.469 e. The lowest BCUT2D eigenvalue weighted by atomic mass is 10.2. The highest BCUT2D eigenvalue weighted by molar-refractivity contribution is 7.89. The van der Waals surface area contributed by atoms with Crippen molar-refractivity contribution >= 4 is 16.0 Å². The number of hydrogen-bond donors (Lipinski definition) is 1. The van der Waals surface area contributed by atoms with Gasteiger partial charge in [0.25, 0.3) is 0 Å². The third-order valence-electron chi connectivity index (χ3n) is 2.51. The summed E-state index contributed by atoms with van der Waals surface area (Å²) in [4.78, 5) is 15.0. The van der Waals surface area contributed by atoms with Gasteiger partial charge in [0.15, 0.2) is 0 Å². The first-order chi connectivity index (χ1) is 8.94. The highest BCUT2D eigenvalue weighted by Crippen LogP contribution is 2.10. The lowest BCUT2D eigenvalue weighted by molar-refractivity contribution is -0.140. The first kappa shape index (κ1) is 15.6. The predicted octanol–water partition coefficient (Wildman–Crippen LogP) is 1.02. The molecule has 1 rings (SSSR count). The fourth-order valence-corrected chi connectivity index (χ4v) is 2.83. The maximum absolute atomic E-state index is 11.8. The van der Waals surface area contributed by atoms with Crippen molar-refractivity contribution in [3.8, 4) is 0 Å². The van der Waals surface area contributed by atoms with Crippen LogP contribution in [0.15, 0.2) is 24.4 Å². The molecule has 1 atom stereocenters. The van der Waals surface area contributed by atoms with Crippen LogP contribution in [0.25, 0.3) is 0 Å². The van der Waals surface area contributed by atoms with Crippen molar-refractivity contribution in [3.05, 3.63) is 30.1 Å². The Morgan fingerprint density at radius 1 is 1.47 bits per heavy atom. The van der Waals surface area contributed by atoms with Gasteiger partial charge in [-0.1, -0.05) is 6.07 Å². The first-order valence-electron chi connectivity index (χ1n) is 5.92. The van der Waals surface area contributed by atoms with Crippen LogP contribution in [-0.2, 0) is 19.6 Å². The molecule has 0 aliphatic carbocycles. The van der Waals surface area contributed by atoms with Crippen molar-refractivity contribution in [2.24, 2.45) is 0 Å². The molecule has 1 aromatic rings. The second-order valence-corrected chi connectivity index (χ2v) is 5.97. The molecule has 0 radical (unpaired) electrons. The summed E-state index contributed by atoms with van der Waals surface area (Å²) in [6.45, 7) is 1.72. The van der Waals surface area contributed by atoms with Gasteiger partial charge in [-0.25, -0.2) is 13.1 Å². The van der Waals surface area contributed by atoms with E-state index < -0.39 is 22.0 Å². The molecule has 0 spiro atoms. The molecule has 1 aromatic heterocycles. The molecule has 0 saturated carbocycles. The maximum atomic E-state index is 11.8. The summed E-state index contributed by atoms with van der Waals surface area (Å²) in [5.41, 5.74) is 0.652. The van der Waals surface area contributed by atoms with E-state index in [1.807, 2.05) is 0 Å². The van der Waals surface area contributed by atoms with Crippen molar-refractivity contribution in [1.29, 1.82) is 0 Å². The van der Waals surface area contributed by atoms with Crippen molar-refractivity contribution in [2.75, 3.05) is 12.9 Å². The molecule has 19 heavy (non-hydrogen) atoms. The van der Waals surface area contributed by atoms with Gasteiger partial charge in [0.1, 0.15) is 0 Å². The zero-order valence-corrected chi connectivity index (χ0v) is 11.8. The molecular weight excluding hydrogens is 268 g/mol. The molecule has 0 aliphatic rings. The van der Waals surface area contributed by atoms with Crippen LogP contribution in [0.2, 0.25) is 0 Å². The van der Waals surface area contributed by atoms with Gasteiger partial charge >= 0.3 is 5.97 Å². The summed E-state index contributed by atoms with van der Waals surface area (Å²) < 4.78 is 30.6. The molecule has 1 N–H and O–H groups in total. The van der Waals surface area contributed by atoms with Gasteiger partial charge in [0.2, 0.25) is 10.0 Å². The van der Waals surface area contributed by atoms with E-state index in [-0.39, 0.29) is 18.6 Å². The number of aromatic nitrogens is 1. The normalized spacial score (nSPS) is 12.9. The second kappa shape index (κ2) is 7.20. The van der Waals surface area contributed by atoms with Crippen LogP contribution in [0.4, 0.5) is 0 Å².